The summed E-state index contributed by atoms with van der Waals surface area (Å²) in [5.41, 5.74) is 3.43. The molecule has 0 aliphatic carbocycles. The molecule has 11 heteroatoms. The smallest absolute Gasteiger partial charge is 0.493 e. The van der Waals surface area contributed by atoms with Gasteiger partial charge in [0.2, 0.25) is 0 Å². The van der Waals surface area contributed by atoms with Crippen LogP contribution in [0.4, 0.5) is 23.7 Å². The number of amides is 2. The van der Waals surface area contributed by atoms with E-state index in [9.17, 15) is 22.8 Å². The zero-order valence-corrected chi connectivity index (χ0v) is 21.8. The van der Waals surface area contributed by atoms with E-state index in [-0.39, 0.29) is 24.6 Å². The van der Waals surface area contributed by atoms with Gasteiger partial charge in [-0.1, -0.05) is 60.7 Å². The molecule has 0 aliphatic rings. The molecule has 0 atom stereocenters. The molecule has 3 aromatic carbocycles. The van der Waals surface area contributed by atoms with Gasteiger partial charge in [-0.3, -0.25) is 0 Å². The average Bonchev–Trinajstić information content (AvgIpc) is 3.38. The number of nitrogens with zero attached hydrogens (tertiary/aromatic N) is 3. The van der Waals surface area contributed by atoms with Gasteiger partial charge in [0.15, 0.2) is 0 Å². The lowest BCUT2D eigenvalue weighted by Crippen LogP contribution is -2.41. The first-order chi connectivity index (χ1) is 19.2. The summed E-state index contributed by atoms with van der Waals surface area (Å²) in [6.07, 6.45) is -1.73. The van der Waals surface area contributed by atoms with Crippen molar-refractivity contribution in [2.45, 2.75) is 25.4 Å². The summed E-state index contributed by atoms with van der Waals surface area (Å²) < 4.78 is 46.4. The first-order valence-electron chi connectivity index (χ1n) is 12.3. The van der Waals surface area contributed by atoms with Gasteiger partial charge < -0.3 is 19.5 Å². The largest absolute Gasteiger partial charge is 0.494 e. The number of rotatable bonds is 8. The number of alkyl halides is 3. The number of imidazole rings is 1. The van der Waals surface area contributed by atoms with Crippen LogP contribution in [0.15, 0.2) is 91.4 Å². The standard InChI is InChI=1S/C29H27F3N4O4/c1-20-18-35(19-33-20)25-14-13-23(17-26(25)39-2)34-28(38)36(40-27(37)29(30,31)32)16-15-24(21-9-5-3-6-10-21)22-11-7-4-8-12-22/h3-14,17-19,24H,15-16H2,1-2H3,(H,34,38). The summed E-state index contributed by atoms with van der Waals surface area (Å²) in [5.74, 6) is -2.40. The minimum absolute atomic E-state index is 0.175. The number of carbonyl (C=O) groups is 2. The summed E-state index contributed by atoms with van der Waals surface area (Å²) in [6.45, 7) is 1.51. The molecule has 0 saturated carbocycles. The number of hydrogen-bond donors (Lipinski definition) is 1. The molecule has 1 aromatic heterocycles. The molecule has 0 spiro atoms. The number of carbonyl (C=O) groups excluding carboxylic acids is 2. The van der Waals surface area contributed by atoms with Gasteiger partial charge in [0, 0.05) is 23.9 Å². The van der Waals surface area contributed by atoms with Crippen molar-refractivity contribution in [3.05, 3.63) is 108 Å². The monoisotopic (exact) mass is 552 g/mol. The lowest BCUT2D eigenvalue weighted by Gasteiger charge is -2.25. The highest BCUT2D eigenvalue weighted by Crippen LogP contribution is 2.30. The minimum Gasteiger partial charge on any atom is -0.494 e. The predicted octanol–water partition coefficient (Wildman–Crippen LogP) is 6.27. The molecule has 0 saturated heterocycles. The van der Waals surface area contributed by atoms with Crippen LogP contribution in [0.25, 0.3) is 5.69 Å². The number of ether oxygens (including phenoxy) is 1. The van der Waals surface area contributed by atoms with E-state index in [0.717, 1.165) is 16.8 Å². The van der Waals surface area contributed by atoms with E-state index in [1.54, 1.807) is 29.2 Å². The third kappa shape index (κ3) is 6.99. The number of urea groups is 1. The molecule has 1 N–H and O–H groups in total. The molecule has 1 heterocycles. The van der Waals surface area contributed by atoms with Crippen LogP contribution in [0.2, 0.25) is 0 Å². The fourth-order valence-corrected chi connectivity index (χ4v) is 4.19. The quantitative estimate of drug-likeness (QED) is 0.261. The van der Waals surface area contributed by atoms with E-state index >= 15 is 0 Å². The molecule has 40 heavy (non-hydrogen) atoms. The molecule has 8 nitrogen and oxygen atoms in total. The first-order valence-corrected chi connectivity index (χ1v) is 12.3. The molecule has 0 aliphatic heterocycles. The van der Waals surface area contributed by atoms with Crippen molar-refractivity contribution in [2.75, 3.05) is 19.0 Å². The third-order valence-corrected chi connectivity index (χ3v) is 6.10. The fourth-order valence-electron chi connectivity index (χ4n) is 4.19. The minimum atomic E-state index is -5.29. The maximum absolute atomic E-state index is 13.1. The molecule has 0 fully saturated rings. The van der Waals surface area contributed by atoms with E-state index in [4.69, 9.17) is 4.74 Å². The second kappa shape index (κ2) is 12.4. The second-order valence-corrected chi connectivity index (χ2v) is 8.88. The molecular formula is C29H27F3N4O4. The van der Waals surface area contributed by atoms with Crippen LogP contribution in [0.1, 0.15) is 29.2 Å². The van der Waals surface area contributed by atoms with Gasteiger partial charge in [0.05, 0.1) is 31.4 Å². The van der Waals surface area contributed by atoms with Crippen molar-refractivity contribution in [1.82, 2.24) is 14.6 Å². The van der Waals surface area contributed by atoms with Gasteiger partial charge in [0.1, 0.15) is 5.75 Å². The number of benzene rings is 3. The van der Waals surface area contributed by atoms with E-state index in [0.29, 0.717) is 16.5 Å². The number of methoxy groups -OCH3 is 1. The maximum Gasteiger partial charge on any atom is 0.493 e. The van der Waals surface area contributed by atoms with Crippen LogP contribution in [-0.4, -0.2) is 46.4 Å². The Balaban J connectivity index is 1.57. The number of aryl methyl sites for hydroxylation is 1. The number of anilines is 1. The topological polar surface area (TPSA) is 85.7 Å². The molecule has 0 radical (unpaired) electrons. The van der Waals surface area contributed by atoms with Gasteiger partial charge in [-0.25, -0.2) is 14.6 Å². The molecule has 208 valence electrons. The van der Waals surface area contributed by atoms with Crippen molar-refractivity contribution in [2.24, 2.45) is 0 Å². The van der Waals surface area contributed by atoms with E-state index in [1.165, 1.54) is 13.2 Å². The Bertz CT molecular complexity index is 1400. The predicted molar refractivity (Wildman–Crippen MR) is 142 cm³/mol. The fraction of sp³-hybridized carbons (Fsp3) is 0.207. The Morgan fingerprint density at radius 3 is 2.15 bits per heavy atom. The number of hydroxylamine groups is 2. The molecular weight excluding hydrogens is 525 g/mol. The molecule has 0 unspecified atom stereocenters. The van der Waals surface area contributed by atoms with Crippen LogP contribution < -0.4 is 10.1 Å². The number of hydrogen-bond acceptors (Lipinski definition) is 5. The highest BCUT2D eigenvalue weighted by Gasteiger charge is 2.43. The van der Waals surface area contributed by atoms with Crippen molar-refractivity contribution in [3.63, 3.8) is 0 Å². The van der Waals surface area contributed by atoms with E-state index in [2.05, 4.69) is 15.1 Å². The highest BCUT2D eigenvalue weighted by molar-refractivity contribution is 5.90. The zero-order valence-electron chi connectivity index (χ0n) is 21.8. The van der Waals surface area contributed by atoms with Crippen molar-refractivity contribution in [3.8, 4) is 11.4 Å². The number of aromatic nitrogens is 2. The summed E-state index contributed by atoms with van der Waals surface area (Å²) >= 11 is 0. The summed E-state index contributed by atoms with van der Waals surface area (Å²) in [5, 5.41) is 2.90. The van der Waals surface area contributed by atoms with Crippen LogP contribution >= 0.6 is 0 Å². The lowest BCUT2D eigenvalue weighted by atomic mass is 9.88. The van der Waals surface area contributed by atoms with Crippen molar-refractivity contribution < 1.29 is 32.3 Å². The van der Waals surface area contributed by atoms with E-state index < -0.39 is 18.2 Å². The van der Waals surface area contributed by atoms with Crippen LogP contribution in [0, 0.1) is 6.92 Å². The molecule has 2 amide bonds. The van der Waals surface area contributed by atoms with Crippen LogP contribution in [0.5, 0.6) is 5.75 Å². The Morgan fingerprint density at radius 1 is 1.00 bits per heavy atom. The summed E-state index contributed by atoms with van der Waals surface area (Å²) in [7, 11) is 1.44. The third-order valence-electron chi connectivity index (χ3n) is 6.10. The van der Waals surface area contributed by atoms with Gasteiger partial charge in [0.25, 0.3) is 0 Å². The average molecular weight is 553 g/mol. The zero-order chi connectivity index (χ0) is 28.7. The van der Waals surface area contributed by atoms with E-state index in [1.807, 2.05) is 67.6 Å². The Kier molecular flexibility index (Phi) is 8.73. The molecule has 4 aromatic rings. The lowest BCUT2D eigenvalue weighted by molar-refractivity contribution is -0.227. The molecule has 4 rings (SSSR count). The van der Waals surface area contributed by atoms with Gasteiger partial charge in [-0.15, -0.1) is 0 Å². The molecule has 0 bridgehead atoms. The second-order valence-electron chi connectivity index (χ2n) is 8.88. The van der Waals surface area contributed by atoms with Gasteiger partial charge in [-0.2, -0.15) is 18.2 Å². The number of halogens is 3. The Morgan fingerprint density at radius 2 is 1.62 bits per heavy atom. The van der Waals surface area contributed by atoms with Crippen molar-refractivity contribution in [1.29, 1.82) is 0 Å². The van der Waals surface area contributed by atoms with Crippen molar-refractivity contribution >= 4 is 17.7 Å². The SMILES string of the molecule is COc1cc(NC(=O)N(CCC(c2ccccc2)c2ccccc2)OC(=O)C(F)(F)F)ccc1-n1cnc(C)c1. The summed E-state index contributed by atoms with van der Waals surface area (Å²) in [6, 6.07) is 22.3. The van der Waals surface area contributed by atoms with Gasteiger partial charge in [-0.05, 0) is 36.6 Å². The maximum atomic E-state index is 13.1. The van der Waals surface area contributed by atoms with Crippen LogP contribution in [-0.2, 0) is 9.63 Å². The summed E-state index contributed by atoms with van der Waals surface area (Å²) in [4.78, 5) is 33.6. The Labute approximate surface area is 228 Å². The highest BCUT2D eigenvalue weighted by atomic mass is 19.4. The normalized spacial score (nSPS) is 11.2. The first kappa shape index (κ1) is 28.2. The van der Waals surface area contributed by atoms with Gasteiger partial charge >= 0.3 is 18.2 Å². The van der Waals surface area contributed by atoms with Crippen LogP contribution in [0.3, 0.4) is 0 Å². The number of nitrogens with one attached hydrogen (secondary N) is 1. The Hall–Kier alpha value is -4.80.